The van der Waals surface area contributed by atoms with Crippen molar-refractivity contribution in [3.8, 4) is 5.75 Å². The summed E-state index contributed by atoms with van der Waals surface area (Å²) in [5.41, 5.74) is 6.91. The van der Waals surface area contributed by atoms with Gasteiger partial charge in [0.15, 0.2) is 9.84 Å². The van der Waals surface area contributed by atoms with E-state index in [1.807, 2.05) is 20.8 Å². The van der Waals surface area contributed by atoms with E-state index >= 15 is 0 Å². The van der Waals surface area contributed by atoms with Crippen LogP contribution in [-0.4, -0.2) is 20.3 Å². The van der Waals surface area contributed by atoms with Crippen LogP contribution in [0.3, 0.4) is 0 Å². The molecule has 19 heavy (non-hydrogen) atoms. The van der Waals surface area contributed by atoms with Gasteiger partial charge in [0.25, 0.3) is 0 Å². The van der Waals surface area contributed by atoms with Gasteiger partial charge in [-0.3, -0.25) is 0 Å². The van der Waals surface area contributed by atoms with Crippen molar-refractivity contribution in [2.24, 2.45) is 5.92 Å². The molecule has 0 aliphatic rings. The molecular formula is C14H23NO3S. The lowest BCUT2D eigenvalue weighted by molar-refractivity contribution is 0.337. The largest absolute Gasteiger partial charge is 0.494 e. The van der Waals surface area contributed by atoms with E-state index in [0.29, 0.717) is 23.6 Å². The van der Waals surface area contributed by atoms with Crippen LogP contribution in [0.15, 0.2) is 18.2 Å². The molecule has 0 spiro atoms. The molecule has 1 rings (SSSR count). The average molecular weight is 285 g/mol. The Labute approximate surface area is 115 Å². The predicted octanol–water partition coefficient (Wildman–Crippen LogP) is 2.63. The van der Waals surface area contributed by atoms with Crippen molar-refractivity contribution in [2.45, 2.75) is 38.7 Å². The number of anilines is 1. The molecule has 0 saturated carbocycles. The fourth-order valence-electron chi connectivity index (χ4n) is 1.77. The molecular weight excluding hydrogens is 262 g/mol. The van der Waals surface area contributed by atoms with E-state index in [9.17, 15) is 8.42 Å². The van der Waals surface area contributed by atoms with Crippen LogP contribution in [0.2, 0.25) is 0 Å². The molecule has 0 aromatic heterocycles. The first kappa shape index (κ1) is 15.8. The highest BCUT2D eigenvalue weighted by atomic mass is 32.2. The number of nitrogen functional groups attached to an aromatic ring is 1. The molecule has 2 N–H and O–H groups in total. The van der Waals surface area contributed by atoms with Gasteiger partial charge in [0.1, 0.15) is 5.75 Å². The number of nitrogens with two attached hydrogens (primary N) is 1. The van der Waals surface area contributed by atoms with Crippen LogP contribution in [0.1, 0.15) is 33.3 Å². The zero-order chi connectivity index (χ0) is 14.6. The van der Waals surface area contributed by atoms with Gasteiger partial charge in [-0.1, -0.05) is 13.8 Å². The number of rotatable bonds is 6. The zero-order valence-corrected chi connectivity index (χ0v) is 12.8. The van der Waals surface area contributed by atoms with Gasteiger partial charge in [-0.05, 0) is 38.0 Å². The predicted molar refractivity (Wildman–Crippen MR) is 78.9 cm³/mol. The van der Waals surface area contributed by atoms with Gasteiger partial charge in [0.2, 0.25) is 0 Å². The smallest absolute Gasteiger partial charge is 0.157 e. The summed E-state index contributed by atoms with van der Waals surface area (Å²) in [6.45, 7) is 7.92. The topological polar surface area (TPSA) is 69.4 Å². The highest BCUT2D eigenvalue weighted by Gasteiger charge is 2.25. The lowest BCUT2D eigenvalue weighted by atomic mass is 10.2. The molecule has 0 bridgehead atoms. The molecule has 0 amide bonds. The van der Waals surface area contributed by atoms with Crippen molar-refractivity contribution in [1.29, 1.82) is 0 Å². The van der Waals surface area contributed by atoms with Crippen LogP contribution in [0, 0.1) is 5.92 Å². The maximum atomic E-state index is 12.3. The van der Waals surface area contributed by atoms with E-state index in [1.165, 1.54) is 0 Å². The summed E-state index contributed by atoms with van der Waals surface area (Å²) in [5.74, 6) is 0.644. The third-order valence-electron chi connectivity index (χ3n) is 3.25. The molecule has 1 atom stereocenters. The summed E-state index contributed by atoms with van der Waals surface area (Å²) >= 11 is 0. The Hall–Kier alpha value is -1.23. The van der Waals surface area contributed by atoms with Crippen molar-refractivity contribution in [3.63, 3.8) is 0 Å². The second-order valence-electron chi connectivity index (χ2n) is 5.06. The van der Waals surface area contributed by atoms with Gasteiger partial charge in [-0.15, -0.1) is 0 Å². The van der Waals surface area contributed by atoms with Gasteiger partial charge < -0.3 is 10.5 Å². The van der Waals surface area contributed by atoms with Gasteiger partial charge in [-0.25, -0.2) is 8.42 Å². The first-order valence-electron chi connectivity index (χ1n) is 6.50. The zero-order valence-electron chi connectivity index (χ0n) is 12.0. The molecule has 5 heteroatoms. The number of sulfone groups is 1. The van der Waals surface area contributed by atoms with E-state index in [4.69, 9.17) is 10.5 Å². The van der Waals surface area contributed by atoms with Crippen molar-refractivity contribution >= 4 is 15.5 Å². The average Bonchev–Trinajstić information content (AvgIpc) is 2.31. The maximum Gasteiger partial charge on any atom is 0.157 e. The fourth-order valence-corrected chi connectivity index (χ4v) is 3.52. The van der Waals surface area contributed by atoms with Crippen molar-refractivity contribution in [2.75, 3.05) is 12.3 Å². The summed E-state index contributed by atoms with van der Waals surface area (Å²) < 4.78 is 30.1. The van der Waals surface area contributed by atoms with E-state index in [-0.39, 0.29) is 16.9 Å². The van der Waals surface area contributed by atoms with Gasteiger partial charge in [0.05, 0.1) is 17.6 Å². The minimum Gasteiger partial charge on any atom is -0.494 e. The van der Waals surface area contributed by atoms with Crippen molar-refractivity contribution < 1.29 is 13.2 Å². The molecule has 1 aromatic carbocycles. The maximum absolute atomic E-state index is 12.3. The highest BCUT2D eigenvalue weighted by molar-refractivity contribution is 7.91. The summed E-state index contributed by atoms with van der Waals surface area (Å²) in [7, 11) is -3.21. The molecule has 0 saturated heterocycles. The Balaban J connectivity index is 3.07. The summed E-state index contributed by atoms with van der Waals surface area (Å²) in [4.78, 5) is 0. The van der Waals surface area contributed by atoms with Crippen LogP contribution in [0.25, 0.3) is 0 Å². The van der Waals surface area contributed by atoms with Gasteiger partial charge >= 0.3 is 0 Å². The molecule has 0 aliphatic heterocycles. The number of hydrogen-bond acceptors (Lipinski definition) is 4. The van der Waals surface area contributed by atoms with E-state index in [1.54, 1.807) is 25.1 Å². The normalized spacial score (nSPS) is 13.5. The Bertz CT molecular complexity index is 523. The molecule has 0 aliphatic carbocycles. The Morgan fingerprint density at radius 3 is 2.42 bits per heavy atom. The molecule has 4 nitrogen and oxygen atoms in total. The van der Waals surface area contributed by atoms with Crippen LogP contribution < -0.4 is 10.5 Å². The van der Waals surface area contributed by atoms with Crippen LogP contribution in [0.5, 0.6) is 5.75 Å². The Morgan fingerprint density at radius 1 is 1.26 bits per heavy atom. The highest BCUT2D eigenvalue weighted by Crippen LogP contribution is 2.26. The molecule has 0 radical (unpaired) electrons. The first-order valence-corrected chi connectivity index (χ1v) is 8.22. The molecule has 0 fully saturated rings. The number of hydrogen-bond donors (Lipinski definition) is 1. The standard InChI is InChI=1S/C14H23NO3S/c1-5-18-14-7-6-13(15)8-12(14)9-19(16,17)11(4)10(2)3/h6-8,10-11H,5,9,15H2,1-4H3. The lowest BCUT2D eigenvalue weighted by Gasteiger charge is -2.18. The second kappa shape index (κ2) is 6.28. The van der Waals surface area contributed by atoms with Crippen molar-refractivity contribution in [1.82, 2.24) is 0 Å². The molecule has 0 heterocycles. The summed E-state index contributed by atoms with van der Waals surface area (Å²) in [6, 6.07) is 5.12. The van der Waals surface area contributed by atoms with Crippen LogP contribution >= 0.6 is 0 Å². The number of benzene rings is 1. The minimum absolute atomic E-state index is 0.0350. The molecule has 1 unspecified atom stereocenters. The van der Waals surface area contributed by atoms with E-state index in [0.717, 1.165) is 0 Å². The van der Waals surface area contributed by atoms with Crippen molar-refractivity contribution in [3.05, 3.63) is 23.8 Å². The van der Waals surface area contributed by atoms with Crippen LogP contribution in [-0.2, 0) is 15.6 Å². The van der Waals surface area contributed by atoms with E-state index in [2.05, 4.69) is 0 Å². The van der Waals surface area contributed by atoms with Gasteiger partial charge in [-0.2, -0.15) is 0 Å². The Kier molecular flexibility index (Phi) is 5.23. The molecule has 1 aromatic rings. The molecule has 108 valence electrons. The monoisotopic (exact) mass is 285 g/mol. The SMILES string of the molecule is CCOc1ccc(N)cc1CS(=O)(=O)C(C)C(C)C. The third kappa shape index (κ3) is 4.13. The first-order chi connectivity index (χ1) is 8.77. The second-order valence-corrected chi connectivity index (χ2v) is 7.41. The summed E-state index contributed by atoms with van der Waals surface area (Å²) in [6.07, 6.45) is 0. The summed E-state index contributed by atoms with van der Waals surface area (Å²) in [5, 5.41) is -0.386. The fraction of sp³-hybridized carbons (Fsp3) is 0.571. The number of ether oxygens (including phenoxy) is 1. The van der Waals surface area contributed by atoms with Crippen LogP contribution in [0.4, 0.5) is 5.69 Å². The third-order valence-corrected chi connectivity index (χ3v) is 5.64. The van der Waals surface area contributed by atoms with E-state index < -0.39 is 9.84 Å². The quantitative estimate of drug-likeness (QED) is 0.816. The Morgan fingerprint density at radius 2 is 1.89 bits per heavy atom. The minimum atomic E-state index is -3.21. The van der Waals surface area contributed by atoms with Gasteiger partial charge in [0, 0.05) is 11.3 Å². The lowest BCUT2D eigenvalue weighted by Crippen LogP contribution is -2.25.